The Balaban J connectivity index is 1.12. The third-order valence-electron chi connectivity index (χ3n) is 10.3. The molecule has 7 heteroatoms. The zero-order valence-corrected chi connectivity index (χ0v) is 21.6. The second-order valence-electron chi connectivity index (χ2n) is 12.6. The predicted molar refractivity (Wildman–Crippen MR) is 138 cm³/mol. The molecule has 2 heterocycles. The van der Waals surface area contributed by atoms with Crippen LogP contribution in [-0.2, 0) is 4.74 Å². The summed E-state index contributed by atoms with van der Waals surface area (Å²) in [4.78, 5) is 0. The van der Waals surface area contributed by atoms with Crippen LogP contribution in [0.2, 0.25) is 0 Å². The van der Waals surface area contributed by atoms with Crippen LogP contribution < -0.4 is 21.4 Å². The Kier molecular flexibility index (Phi) is 7.87. The molecule has 5 N–H and O–H groups in total. The Bertz CT molecular complexity index is 735. The summed E-state index contributed by atoms with van der Waals surface area (Å²) in [5, 5.41) is 24.6. The molecule has 3 bridgehead atoms. The third kappa shape index (κ3) is 5.54. The Hall–Kier alpha value is -0.860. The first-order valence-electron chi connectivity index (χ1n) is 15.0. The summed E-state index contributed by atoms with van der Waals surface area (Å²) in [6.45, 7) is 5.40. The van der Waals surface area contributed by atoms with Crippen molar-refractivity contribution in [1.29, 1.82) is 0 Å². The molecule has 0 spiro atoms. The van der Waals surface area contributed by atoms with Crippen LogP contribution in [-0.4, -0.2) is 67.8 Å². The normalized spacial score (nSPS) is 38.4. The van der Waals surface area contributed by atoms with Crippen molar-refractivity contribution in [2.24, 2.45) is 29.6 Å². The zero-order valence-electron chi connectivity index (χ0n) is 21.6. The number of aliphatic hydroxyl groups is 1. The van der Waals surface area contributed by atoms with Crippen molar-refractivity contribution in [3.05, 3.63) is 11.5 Å². The number of aliphatic hydroxyl groups excluding tert-OH is 1. The Morgan fingerprint density at radius 3 is 2.74 bits per heavy atom. The molecule has 198 valence electrons. The highest BCUT2D eigenvalue weighted by Crippen LogP contribution is 2.53. The number of nitrogens with one attached hydrogen (secondary N) is 4. The molecule has 0 radical (unpaired) electrons. The first kappa shape index (κ1) is 24.5. The number of hydrazine groups is 1. The topological polar surface area (TPSA) is 80.8 Å². The number of rotatable bonds is 10. The maximum absolute atomic E-state index is 11.5. The standard InChI is InChI=1S/C28H49N5O2/c34-27(32-26-22-14-20-7-4-8-24(26)21(13-20)15-22)25-17-31-33(12-11-30-23-9-10-29-16-23)28(25)35-18-19-5-2-1-3-6-19/h19-24,26-27,29-32,34H,1-18H2/t20?,21?,22?,23-,24?,26?,27+/m1/s1. The van der Waals surface area contributed by atoms with E-state index in [0.29, 0.717) is 24.5 Å². The van der Waals surface area contributed by atoms with Crippen molar-refractivity contribution >= 4 is 0 Å². The molecule has 2 aliphatic heterocycles. The van der Waals surface area contributed by atoms with E-state index in [0.717, 1.165) is 67.9 Å². The van der Waals surface area contributed by atoms with E-state index >= 15 is 0 Å². The quantitative estimate of drug-likeness (QED) is 0.303. The Labute approximate surface area is 212 Å². The van der Waals surface area contributed by atoms with Gasteiger partial charge in [-0.15, -0.1) is 0 Å². The first-order chi connectivity index (χ1) is 17.2. The average Bonchev–Trinajstić information content (AvgIpc) is 3.56. The van der Waals surface area contributed by atoms with Gasteiger partial charge >= 0.3 is 0 Å². The molecule has 7 atom stereocenters. The van der Waals surface area contributed by atoms with Crippen LogP contribution in [0.25, 0.3) is 0 Å². The minimum absolute atomic E-state index is 0.470. The van der Waals surface area contributed by atoms with E-state index in [1.54, 1.807) is 0 Å². The fourth-order valence-electron chi connectivity index (χ4n) is 8.48. The summed E-state index contributed by atoms with van der Waals surface area (Å²) in [6, 6.07) is 1.04. The Morgan fingerprint density at radius 1 is 1.00 bits per heavy atom. The maximum atomic E-state index is 11.5. The van der Waals surface area contributed by atoms with Gasteiger partial charge in [-0.2, -0.15) is 0 Å². The van der Waals surface area contributed by atoms with Gasteiger partial charge < -0.3 is 20.5 Å². The van der Waals surface area contributed by atoms with E-state index in [-0.39, 0.29) is 0 Å². The van der Waals surface area contributed by atoms with E-state index in [4.69, 9.17) is 4.74 Å². The fourth-order valence-corrected chi connectivity index (χ4v) is 8.48. The molecule has 1 saturated heterocycles. The number of fused-ring (bicyclic) bond motifs is 2. The number of ether oxygens (including phenoxy) is 1. The molecule has 6 aliphatic rings. The van der Waals surface area contributed by atoms with E-state index in [9.17, 15) is 5.11 Å². The lowest BCUT2D eigenvalue weighted by Crippen LogP contribution is -2.46. The van der Waals surface area contributed by atoms with Gasteiger partial charge in [0.1, 0.15) is 6.23 Å². The summed E-state index contributed by atoms with van der Waals surface area (Å²) >= 11 is 0. The molecule has 0 aromatic rings. The van der Waals surface area contributed by atoms with Crippen molar-refractivity contribution < 1.29 is 9.84 Å². The van der Waals surface area contributed by atoms with E-state index in [1.165, 1.54) is 77.0 Å². The SMILES string of the molecule is O[C@H](NC1C2CC3CCCC1C(C3)C2)C1=C(OCC2CCCCC2)N(CCN[C@@H]2CCNC2)NC1. The maximum Gasteiger partial charge on any atom is 0.208 e. The van der Waals surface area contributed by atoms with Gasteiger partial charge in [0.2, 0.25) is 5.88 Å². The monoisotopic (exact) mass is 487 g/mol. The molecule has 0 amide bonds. The predicted octanol–water partition coefficient (Wildman–Crippen LogP) is 2.69. The van der Waals surface area contributed by atoms with Crippen molar-refractivity contribution in [1.82, 2.24) is 26.4 Å². The lowest BCUT2D eigenvalue weighted by molar-refractivity contribution is 0.0608. The van der Waals surface area contributed by atoms with Crippen molar-refractivity contribution in [2.45, 2.75) is 95.4 Å². The molecule has 0 aromatic heterocycles. The van der Waals surface area contributed by atoms with Gasteiger partial charge in [0.25, 0.3) is 0 Å². The number of hydrogen-bond donors (Lipinski definition) is 5. The minimum Gasteiger partial charge on any atom is -0.478 e. The van der Waals surface area contributed by atoms with Crippen LogP contribution in [0, 0.1) is 29.6 Å². The van der Waals surface area contributed by atoms with Crippen LogP contribution in [0.15, 0.2) is 11.5 Å². The summed E-state index contributed by atoms with van der Waals surface area (Å²) < 4.78 is 6.55. The number of nitrogens with zero attached hydrogens (tertiary/aromatic N) is 1. The smallest absolute Gasteiger partial charge is 0.208 e. The van der Waals surface area contributed by atoms with Crippen molar-refractivity contribution in [2.75, 3.05) is 39.3 Å². The van der Waals surface area contributed by atoms with Gasteiger partial charge in [-0.25, -0.2) is 5.43 Å². The summed E-state index contributed by atoms with van der Waals surface area (Å²) in [6.07, 6.45) is 15.5. The van der Waals surface area contributed by atoms with E-state index in [2.05, 4.69) is 26.4 Å². The summed E-state index contributed by atoms with van der Waals surface area (Å²) in [7, 11) is 0. The molecule has 4 aliphatic carbocycles. The second kappa shape index (κ2) is 11.3. The molecule has 5 fully saturated rings. The van der Waals surface area contributed by atoms with Crippen molar-refractivity contribution in [3.8, 4) is 0 Å². The highest BCUT2D eigenvalue weighted by Gasteiger charge is 2.49. The summed E-state index contributed by atoms with van der Waals surface area (Å²) in [5.74, 6) is 4.87. The molecule has 35 heavy (non-hydrogen) atoms. The van der Waals surface area contributed by atoms with Crippen LogP contribution in [0.3, 0.4) is 0 Å². The van der Waals surface area contributed by atoms with Gasteiger partial charge in [0, 0.05) is 43.8 Å². The molecule has 0 aromatic carbocycles. The van der Waals surface area contributed by atoms with E-state index < -0.39 is 6.23 Å². The zero-order chi connectivity index (χ0) is 23.6. The van der Waals surface area contributed by atoms with Gasteiger partial charge in [-0.05, 0) is 81.1 Å². The van der Waals surface area contributed by atoms with Crippen LogP contribution >= 0.6 is 0 Å². The molecule has 6 rings (SSSR count). The van der Waals surface area contributed by atoms with Crippen LogP contribution in [0.4, 0.5) is 0 Å². The molecule has 4 saturated carbocycles. The van der Waals surface area contributed by atoms with Gasteiger partial charge in [0.15, 0.2) is 0 Å². The third-order valence-corrected chi connectivity index (χ3v) is 10.3. The number of hydrogen-bond acceptors (Lipinski definition) is 7. The molecular formula is C28H49N5O2. The summed E-state index contributed by atoms with van der Waals surface area (Å²) in [5.41, 5.74) is 4.56. The lowest BCUT2D eigenvalue weighted by atomic mass is 9.79. The molecule has 7 nitrogen and oxygen atoms in total. The molecular weight excluding hydrogens is 438 g/mol. The van der Waals surface area contributed by atoms with Gasteiger partial charge in [-0.3, -0.25) is 10.3 Å². The lowest BCUT2D eigenvalue weighted by Gasteiger charge is -2.32. The largest absolute Gasteiger partial charge is 0.478 e. The van der Waals surface area contributed by atoms with Crippen molar-refractivity contribution in [3.63, 3.8) is 0 Å². The van der Waals surface area contributed by atoms with Crippen LogP contribution in [0.5, 0.6) is 0 Å². The Morgan fingerprint density at radius 2 is 1.89 bits per heavy atom. The second-order valence-corrected chi connectivity index (χ2v) is 12.6. The highest BCUT2D eigenvalue weighted by atomic mass is 16.5. The minimum atomic E-state index is -0.620. The fraction of sp³-hybridized carbons (Fsp3) is 0.929. The average molecular weight is 488 g/mol. The molecule has 5 unspecified atom stereocenters. The highest BCUT2D eigenvalue weighted by molar-refractivity contribution is 5.19. The van der Waals surface area contributed by atoms with Crippen LogP contribution in [0.1, 0.15) is 77.0 Å². The van der Waals surface area contributed by atoms with Gasteiger partial charge in [0.05, 0.1) is 6.61 Å². The van der Waals surface area contributed by atoms with E-state index in [1.807, 2.05) is 0 Å². The van der Waals surface area contributed by atoms with Gasteiger partial charge in [-0.1, -0.05) is 32.1 Å². The first-order valence-corrected chi connectivity index (χ1v) is 15.0.